The molecule has 22 heavy (non-hydrogen) atoms. The van der Waals surface area contributed by atoms with Crippen molar-refractivity contribution in [2.75, 3.05) is 0 Å². The molecule has 0 N–H and O–H groups in total. The van der Waals surface area contributed by atoms with Gasteiger partial charge in [0.15, 0.2) is 0 Å². The molecule has 0 aromatic carbocycles. The van der Waals surface area contributed by atoms with Crippen molar-refractivity contribution in [1.29, 1.82) is 0 Å². The highest BCUT2D eigenvalue weighted by Crippen LogP contribution is 2.40. The van der Waals surface area contributed by atoms with Crippen molar-refractivity contribution in [2.24, 2.45) is 5.92 Å². The Balaban J connectivity index is 1.98. The van der Waals surface area contributed by atoms with Gasteiger partial charge >= 0.3 is 6.09 Å². The molecule has 2 unspecified atom stereocenters. The van der Waals surface area contributed by atoms with Crippen molar-refractivity contribution in [3.8, 4) is 0 Å². The van der Waals surface area contributed by atoms with Gasteiger partial charge in [0.1, 0.15) is 11.4 Å². The van der Waals surface area contributed by atoms with Crippen LogP contribution >= 0.6 is 0 Å². The minimum absolute atomic E-state index is 0.104. The number of piperidine rings is 1. The fraction of sp³-hybridized carbons (Fsp3) is 0.778. The number of hydrogen-bond donors (Lipinski definition) is 0. The molecule has 2 bridgehead atoms. The molecule has 2 heterocycles. The number of carbonyl (C=O) groups is 2. The van der Waals surface area contributed by atoms with Crippen LogP contribution in [0.15, 0.2) is 11.6 Å². The molecule has 2 fully saturated rings. The second-order valence-electron chi connectivity index (χ2n) is 7.89. The van der Waals surface area contributed by atoms with Crippen LogP contribution < -0.4 is 0 Å². The number of rotatable bonds is 3. The number of hydrogen-bond acceptors (Lipinski definition) is 3. The summed E-state index contributed by atoms with van der Waals surface area (Å²) < 4.78 is 5.53. The number of Topliss-reactive ketones (excluding diaryl/α,β-unsaturated/α-hetero) is 1. The predicted molar refractivity (Wildman–Crippen MR) is 86.7 cm³/mol. The summed E-state index contributed by atoms with van der Waals surface area (Å²) >= 11 is 0. The molecule has 124 valence electrons. The first kappa shape index (κ1) is 17.0. The first-order chi connectivity index (χ1) is 10.2. The largest absolute Gasteiger partial charge is 0.444 e. The zero-order valence-corrected chi connectivity index (χ0v) is 14.5. The Kier molecular flexibility index (Phi) is 4.98. The second kappa shape index (κ2) is 6.43. The number of allylic oxidation sites excluding steroid dienone is 2. The van der Waals surface area contributed by atoms with E-state index in [0.29, 0.717) is 12.2 Å². The maximum atomic E-state index is 12.4. The van der Waals surface area contributed by atoms with Crippen LogP contribution in [0.5, 0.6) is 0 Å². The lowest BCUT2D eigenvalue weighted by atomic mass is 9.86. The summed E-state index contributed by atoms with van der Waals surface area (Å²) in [5, 5.41) is 0. The van der Waals surface area contributed by atoms with Crippen LogP contribution in [0.3, 0.4) is 0 Å². The van der Waals surface area contributed by atoms with Gasteiger partial charge in [0.05, 0.1) is 0 Å². The third kappa shape index (κ3) is 4.11. The molecule has 0 saturated carbocycles. The normalized spacial score (nSPS) is 27.5. The topological polar surface area (TPSA) is 46.6 Å². The standard InChI is InChI=1S/C18H29NO3/c1-12(2)6-9-16(20)13-10-14-7-8-15(11-13)19(14)17(21)22-18(3,4)5/h6,13-15H,7-11H2,1-5H3. The van der Waals surface area contributed by atoms with E-state index in [9.17, 15) is 9.59 Å². The number of carbonyl (C=O) groups excluding carboxylic acids is 2. The van der Waals surface area contributed by atoms with Crippen molar-refractivity contribution < 1.29 is 14.3 Å². The molecule has 2 saturated heterocycles. The van der Waals surface area contributed by atoms with Crippen LogP contribution in [0.4, 0.5) is 4.79 Å². The molecule has 1 amide bonds. The Morgan fingerprint density at radius 2 is 1.68 bits per heavy atom. The van der Waals surface area contributed by atoms with Crippen molar-refractivity contribution >= 4 is 11.9 Å². The zero-order valence-electron chi connectivity index (χ0n) is 14.5. The van der Waals surface area contributed by atoms with Gasteiger partial charge in [-0.05, 0) is 60.3 Å². The Morgan fingerprint density at radius 1 is 1.14 bits per heavy atom. The highest BCUT2D eigenvalue weighted by molar-refractivity contribution is 5.83. The van der Waals surface area contributed by atoms with E-state index < -0.39 is 5.60 Å². The molecule has 4 nitrogen and oxygen atoms in total. The molecule has 0 aromatic heterocycles. The minimum Gasteiger partial charge on any atom is -0.444 e. The van der Waals surface area contributed by atoms with Crippen LogP contribution in [0, 0.1) is 5.92 Å². The van der Waals surface area contributed by atoms with Crippen LogP contribution in [0.25, 0.3) is 0 Å². The first-order valence-electron chi connectivity index (χ1n) is 8.35. The number of fused-ring (bicyclic) bond motifs is 2. The predicted octanol–water partition coefficient (Wildman–Crippen LogP) is 4.09. The summed E-state index contributed by atoms with van der Waals surface area (Å²) in [4.78, 5) is 26.6. The van der Waals surface area contributed by atoms with Gasteiger partial charge in [-0.15, -0.1) is 0 Å². The third-order valence-corrected chi connectivity index (χ3v) is 4.50. The number of ether oxygens (including phenoxy) is 1. The highest BCUT2D eigenvalue weighted by atomic mass is 16.6. The molecule has 2 atom stereocenters. The summed E-state index contributed by atoms with van der Waals surface area (Å²) in [6.07, 6.45) is 5.90. The van der Waals surface area contributed by atoms with Gasteiger partial charge in [-0.2, -0.15) is 0 Å². The quantitative estimate of drug-likeness (QED) is 0.738. The Morgan fingerprint density at radius 3 is 2.14 bits per heavy atom. The average molecular weight is 307 g/mol. The summed E-state index contributed by atoms with van der Waals surface area (Å²) in [6, 6.07) is 0.350. The lowest BCUT2D eigenvalue weighted by Gasteiger charge is -2.39. The monoisotopic (exact) mass is 307 g/mol. The van der Waals surface area contributed by atoms with Crippen molar-refractivity contribution in [1.82, 2.24) is 4.90 Å². The molecule has 0 aromatic rings. The first-order valence-corrected chi connectivity index (χ1v) is 8.35. The van der Waals surface area contributed by atoms with E-state index in [4.69, 9.17) is 4.74 Å². The van der Waals surface area contributed by atoms with E-state index in [1.54, 1.807) is 0 Å². The highest BCUT2D eigenvalue weighted by Gasteiger charge is 2.46. The van der Waals surface area contributed by atoms with Crippen LogP contribution in [-0.2, 0) is 9.53 Å². The van der Waals surface area contributed by atoms with Gasteiger partial charge in [-0.25, -0.2) is 4.79 Å². The Hall–Kier alpha value is -1.32. The molecule has 0 spiro atoms. The van der Waals surface area contributed by atoms with Crippen LogP contribution in [0.1, 0.15) is 66.7 Å². The zero-order chi connectivity index (χ0) is 16.5. The lowest BCUT2D eigenvalue weighted by molar-refractivity contribution is -0.124. The molecular formula is C18H29NO3. The summed E-state index contributed by atoms with van der Waals surface area (Å²) in [5.74, 6) is 0.425. The number of ketones is 1. The van der Waals surface area contributed by atoms with Gasteiger partial charge in [-0.1, -0.05) is 11.6 Å². The van der Waals surface area contributed by atoms with Gasteiger partial charge in [0.25, 0.3) is 0 Å². The van der Waals surface area contributed by atoms with E-state index in [0.717, 1.165) is 25.7 Å². The molecular weight excluding hydrogens is 278 g/mol. The summed E-state index contributed by atoms with van der Waals surface area (Å²) in [7, 11) is 0. The fourth-order valence-corrected chi connectivity index (χ4v) is 3.52. The number of amides is 1. The Bertz CT molecular complexity index is 457. The maximum absolute atomic E-state index is 12.4. The van der Waals surface area contributed by atoms with E-state index in [1.165, 1.54) is 5.57 Å². The fourth-order valence-electron chi connectivity index (χ4n) is 3.52. The van der Waals surface area contributed by atoms with E-state index in [-0.39, 0.29) is 24.1 Å². The maximum Gasteiger partial charge on any atom is 0.410 e. The van der Waals surface area contributed by atoms with Crippen molar-refractivity contribution in [2.45, 2.75) is 84.4 Å². The molecule has 0 radical (unpaired) electrons. The molecule has 2 aliphatic heterocycles. The van der Waals surface area contributed by atoms with Gasteiger partial charge < -0.3 is 9.64 Å². The molecule has 2 aliphatic rings. The molecule has 4 heteroatoms. The van der Waals surface area contributed by atoms with E-state index >= 15 is 0 Å². The van der Waals surface area contributed by atoms with E-state index in [1.807, 2.05) is 45.6 Å². The lowest BCUT2D eigenvalue weighted by Crippen LogP contribution is -2.49. The summed E-state index contributed by atoms with van der Waals surface area (Å²) in [5.41, 5.74) is 0.717. The van der Waals surface area contributed by atoms with Gasteiger partial charge in [0.2, 0.25) is 0 Å². The van der Waals surface area contributed by atoms with Gasteiger partial charge in [0, 0.05) is 24.4 Å². The summed E-state index contributed by atoms with van der Waals surface area (Å²) in [6.45, 7) is 9.71. The molecule has 2 rings (SSSR count). The average Bonchev–Trinajstić information content (AvgIpc) is 2.65. The van der Waals surface area contributed by atoms with Crippen molar-refractivity contribution in [3.05, 3.63) is 11.6 Å². The van der Waals surface area contributed by atoms with E-state index in [2.05, 4.69) is 0 Å². The van der Waals surface area contributed by atoms with Gasteiger partial charge in [-0.3, -0.25) is 4.79 Å². The van der Waals surface area contributed by atoms with Crippen molar-refractivity contribution in [3.63, 3.8) is 0 Å². The third-order valence-electron chi connectivity index (χ3n) is 4.50. The van der Waals surface area contributed by atoms with Crippen LogP contribution in [0.2, 0.25) is 0 Å². The number of nitrogens with zero attached hydrogens (tertiary/aromatic N) is 1. The minimum atomic E-state index is -0.466. The molecule has 0 aliphatic carbocycles. The smallest absolute Gasteiger partial charge is 0.410 e. The SMILES string of the molecule is CC(C)=CCC(=O)C1CC2CCC(C1)N2C(=O)OC(C)(C)C. The second-order valence-corrected chi connectivity index (χ2v) is 7.89. The van der Waals surface area contributed by atoms with Crippen LogP contribution in [-0.4, -0.2) is 34.5 Å². The Labute approximate surface area is 133 Å².